The van der Waals surface area contributed by atoms with Crippen LogP contribution < -0.4 is 0 Å². The zero-order valence-corrected chi connectivity index (χ0v) is 16.8. The summed E-state index contributed by atoms with van der Waals surface area (Å²) in [6.45, 7) is 3.09. The van der Waals surface area contributed by atoms with E-state index in [2.05, 4.69) is 14.9 Å². The highest BCUT2D eigenvalue weighted by Crippen LogP contribution is 2.41. The maximum absolute atomic E-state index is 13.8. The van der Waals surface area contributed by atoms with Crippen molar-refractivity contribution in [2.75, 3.05) is 33.2 Å². The topological polar surface area (TPSA) is 48.3 Å². The molecule has 0 amide bonds. The summed E-state index contributed by atoms with van der Waals surface area (Å²) < 4.78 is 41.3. The number of Topliss-reactive ketones (excluding diaryl/α,β-unsaturated/α-hetero) is 1. The molecule has 0 radical (unpaired) electrons. The van der Waals surface area contributed by atoms with Gasteiger partial charge < -0.3 is 9.80 Å². The predicted octanol–water partition coefficient (Wildman–Crippen LogP) is 3.72. The first-order chi connectivity index (χ1) is 14.8. The first-order valence-corrected chi connectivity index (χ1v) is 10.0. The van der Waals surface area contributed by atoms with Crippen molar-refractivity contribution >= 4 is 23.0 Å². The molecule has 0 unspecified atom stereocenters. The molecule has 0 atom stereocenters. The second-order valence-electron chi connectivity index (χ2n) is 7.80. The van der Waals surface area contributed by atoms with Crippen LogP contribution in [0.5, 0.6) is 0 Å². The summed E-state index contributed by atoms with van der Waals surface area (Å²) in [5.41, 5.74) is 0.545. The van der Waals surface area contributed by atoms with Crippen LogP contribution in [0.4, 0.5) is 13.2 Å². The highest BCUT2D eigenvalue weighted by molar-refractivity contribution is 6.43. The Labute approximate surface area is 177 Å². The van der Waals surface area contributed by atoms with Gasteiger partial charge in [-0.3, -0.25) is 4.79 Å². The number of fused-ring (bicyclic) bond motifs is 3. The first kappa shape index (κ1) is 19.7. The van der Waals surface area contributed by atoms with Gasteiger partial charge >= 0.3 is 6.18 Å². The number of ketones is 1. The molecule has 2 heterocycles. The van der Waals surface area contributed by atoms with Gasteiger partial charge in [-0.15, -0.1) is 0 Å². The Balaban J connectivity index is 1.72. The standard InChI is InChI=1S/C23H19F3N4O/c1-29-10-12-30(13-11-29)22-27-19-14-6-2-3-7-15(14)21(31)18(20(19)28-22)16-8-4-5-9-17(16)23(24,25)26/h2-9H,10-13H2,1H3. The second kappa shape index (κ2) is 7.16. The molecule has 0 spiro atoms. The molecule has 2 aromatic carbocycles. The minimum absolute atomic E-state index is 0.0468. The van der Waals surface area contributed by atoms with Crippen molar-refractivity contribution in [2.24, 2.45) is 9.98 Å². The lowest BCUT2D eigenvalue weighted by Gasteiger charge is -2.32. The highest BCUT2D eigenvalue weighted by Gasteiger charge is 2.40. The lowest BCUT2D eigenvalue weighted by atomic mass is 9.82. The number of guanidine groups is 1. The fraction of sp³-hybridized carbons (Fsp3) is 0.261. The van der Waals surface area contributed by atoms with Crippen molar-refractivity contribution in [1.29, 1.82) is 0 Å². The molecule has 31 heavy (non-hydrogen) atoms. The highest BCUT2D eigenvalue weighted by atomic mass is 19.4. The van der Waals surface area contributed by atoms with E-state index in [1.807, 2.05) is 11.9 Å². The van der Waals surface area contributed by atoms with E-state index in [1.54, 1.807) is 24.3 Å². The average Bonchev–Trinajstić information content (AvgIpc) is 3.19. The van der Waals surface area contributed by atoms with E-state index >= 15 is 0 Å². The van der Waals surface area contributed by atoms with Crippen molar-refractivity contribution in [3.8, 4) is 0 Å². The summed E-state index contributed by atoms with van der Waals surface area (Å²) >= 11 is 0. The second-order valence-corrected chi connectivity index (χ2v) is 7.80. The van der Waals surface area contributed by atoms with Gasteiger partial charge in [0.25, 0.3) is 0 Å². The van der Waals surface area contributed by atoms with E-state index in [9.17, 15) is 18.0 Å². The number of hydrogen-bond donors (Lipinski definition) is 0. The van der Waals surface area contributed by atoms with Crippen molar-refractivity contribution in [3.63, 3.8) is 0 Å². The Kier molecular flexibility index (Phi) is 4.55. The normalized spacial score (nSPS) is 19.2. The Morgan fingerprint density at radius 1 is 0.839 bits per heavy atom. The summed E-state index contributed by atoms with van der Waals surface area (Å²) in [6, 6.07) is 12.0. The molecule has 0 N–H and O–H groups in total. The maximum atomic E-state index is 13.8. The van der Waals surface area contributed by atoms with Gasteiger partial charge in [0.15, 0.2) is 5.78 Å². The van der Waals surface area contributed by atoms with E-state index in [0.717, 1.165) is 19.2 Å². The van der Waals surface area contributed by atoms with E-state index in [0.29, 0.717) is 35.9 Å². The molecule has 5 rings (SSSR count). The largest absolute Gasteiger partial charge is 0.417 e. The van der Waals surface area contributed by atoms with E-state index in [-0.39, 0.29) is 16.8 Å². The van der Waals surface area contributed by atoms with Crippen LogP contribution in [-0.2, 0) is 6.18 Å². The molecule has 1 fully saturated rings. The lowest BCUT2D eigenvalue weighted by molar-refractivity contribution is -0.137. The summed E-state index contributed by atoms with van der Waals surface area (Å²) in [5.74, 6) is -0.0192. The lowest BCUT2D eigenvalue weighted by Crippen LogP contribution is -2.46. The van der Waals surface area contributed by atoms with Crippen LogP contribution >= 0.6 is 0 Å². The molecular weight excluding hydrogens is 405 g/mol. The van der Waals surface area contributed by atoms with Crippen LogP contribution in [-0.4, -0.2) is 60.5 Å². The minimum Gasteiger partial charge on any atom is -0.338 e. The van der Waals surface area contributed by atoms with Gasteiger partial charge in [0, 0.05) is 42.9 Å². The number of piperazine rings is 1. The molecular formula is C23H19F3N4O. The molecule has 158 valence electrons. The number of halogens is 3. The summed E-state index contributed by atoms with van der Waals surface area (Å²) in [5, 5.41) is 0. The minimum atomic E-state index is -4.60. The third-order valence-corrected chi connectivity index (χ3v) is 5.83. The van der Waals surface area contributed by atoms with Crippen LogP contribution in [0.25, 0.3) is 5.57 Å². The maximum Gasteiger partial charge on any atom is 0.417 e. The average molecular weight is 424 g/mol. The molecule has 0 bridgehead atoms. The zero-order chi connectivity index (χ0) is 21.8. The van der Waals surface area contributed by atoms with Crippen LogP contribution in [0.15, 0.2) is 64.2 Å². The number of aliphatic imine (C=N–C) groups is 2. The van der Waals surface area contributed by atoms with Crippen LogP contribution in [0.1, 0.15) is 27.0 Å². The number of allylic oxidation sites excluding steroid dienone is 2. The number of carbonyl (C=O) groups excluding carboxylic acids is 1. The van der Waals surface area contributed by atoms with Crippen molar-refractivity contribution in [2.45, 2.75) is 6.18 Å². The summed E-state index contributed by atoms with van der Waals surface area (Å²) in [6.07, 6.45) is -4.60. The SMILES string of the molecule is CN1CCN(C2=NC3=C(c4ccccc4C(F)(F)F)C(=O)c4ccccc4C3=N2)CC1. The molecule has 3 aliphatic rings. The Morgan fingerprint density at radius 2 is 1.45 bits per heavy atom. The van der Waals surface area contributed by atoms with Crippen LogP contribution in [0, 0.1) is 0 Å². The number of benzene rings is 2. The van der Waals surface area contributed by atoms with Crippen molar-refractivity contribution in [3.05, 3.63) is 76.5 Å². The van der Waals surface area contributed by atoms with Crippen molar-refractivity contribution in [1.82, 2.24) is 9.80 Å². The quantitative estimate of drug-likeness (QED) is 0.701. The number of alkyl halides is 3. The Morgan fingerprint density at radius 3 is 2.13 bits per heavy atom. The Bertz CT molecular complexity index is 1170. The first-order valence-electron chi connectivity index (χ1n) is 10.0. The zero-order valence-electron chi connectivity index (χ0n) is 16.8. The van der Waals surface area contributed by atoms with Gasteiger partial charge in [-0.2, -0.15) is 13.2 Å². The number of likely N-dealkylation sites (N-methyl/N-ethyl adjacent to an activating group) is 1. The fourth-order valence-electron chi connectivity index (χ4n) is 4.17. The van der Waals surface area contributed by atoms with Gasteiger partial charge in [0.05, 0.1) is 11.1 Å². The van der Waals surface area contributed by atoms with Gasteiger partial charge in [-0.1, -0.05) is 42.5 Å². The van der Waals surface area contributed by atoms with E-state index < -0.39 is 17.5 Å². The third-order valence-electron chi connectivity index (χ3n) is 5.83. The molecule has 1 saturated heterocycles. The van der Waals surface area contributed by atoms with Gasteiger partial charge in [0.2, 0.25) is 5.96 Å². The van der Waals surface area contributed by atoms with E-state index in [1.165, 1.54) is 18.2 Å². The van der Waals surface area contributed by atoms with E-state index in [4.69, 9.17) is 0 Å². The molecule has 8 heteroatoms. The summed E-state index contributed by atoms with van der Waals surface area (Å²) in [7, 11) is 2.03. The predicted molar refractivity (Wildman–Crippen MR) is 112 cm³/mol. The number of rotatable bonds is 1. The molecule has 0 aromatic heterocycles. The molecule has 2 aliphatic heterocycles. The van der Waals surface area contributed by atoms with Crippen LogP contribution in [0.3, 0.4) is 0 Å². The monoisotopic (exact) mass is 424 g/mol. The van der Waals surface area contributed by atoms with Gasteiger partial charge in [-0.05, 0) is 13.1 Å². The third kappa shape index (κ3) is 3.27. The number of nitrogens with zero attached hydrogens (tertiary/aromatic N) is 4. The number of hydrogen-bond acceptors (Lipinski definition) is 5. The van der Waals surface area contributed by atoms with Crippen LogP contribution in [0.2, 0.25) is 0 Å². The van der Waals surface area contributed by atoms with Crippen molar-refractivity contribution < 1.29 is 18.0 Å². The summed E-state index contributed by atoms with van der Waals surface area (Å²) in [4.78, 5) is 26.9. The number of carbonyl (C=O) groups is 1. The molecule has 0 saturated carbocycles. The molecule has 2 aromatic rings. The van der Waals surface area contributed by atoms with Gasteiger partial charge in [-0.25, -0.2) is 9.98 Å². The molecule has 5 nitrogen and oxygen atoms in total. The fourth-order valence-corrected chi connectivity index (χ4v) is 4.17. The molecule has 1 aliphatic carbocycles. The smallest absolute Gasteiger partial charge is 0.338 e. The Hall–Kier alpha value is -3.26. The van der Waals surface area contributed by atoms with Gasteiger partial charge in [0.1, 0.15) is 11.4 Å².